The van der Waals surface area contributed by atoms with Crippen LogP contribution in [-0.2, 0) is 17.6 Å². The molecule has 1 atom stereocenters. The van der Waals surface area contributed by atoms with Gasteiger partial charge in [0.1, 0.15) is 5.76 Å². The maximum absolute atomic E-state index is 12.6. The van der Waals surface area contributed by atoms with Crippen molar-refractivity contribution < 1.29 is 14.0 Å². The first-order valence-corrected chi connectivity index (χ1v) is 9.84. The predicted octanol–water partition coefficient (Wildman–Crippen LogP) is 3.35. The molecule has 2 aliphatic rings. The fraction of sp³-hybridized carbons (Fsp3) is 0.300. The highest BCUT2D eigenvalue weighted by Crippen LogP contribution is 2.26. The first kappa shape index (κ1) is 17.7. The van der Waals surface area contributed by atoms with E-state index in [0.29, 0.717) is 16.5 Å². The molecule has 7 heteroatoms. The van der Waals surface area contributed by atoms with Gasteiger partial charge in [0.15, 0.2) is 11.0 Å². The molecule has 27 heavy (non-hydrogen) atoms. The number of benzene rings is 1. The Labute approximate surface area is 161 Å². The van der Waals surface area contributed by atoms with E-state index in [1.807, 2.05) is 12.1 Å². The van der Waals surface area contributed by atoms with E-state index in [4.69, 9.17) is 4.42 Å². The molecule has 1 aromatic heterocycles. The molecule has 0 unspecified atom stereocenters. The van der Waals surface area contributed by atoms with Crippen molar-refractivity contribution in [3.63, 3.8) is 0 Å². The van der Waals surface area contributed by atoms with Crippen LogP contribution in [0, 0.1) is 0 Å². The number of amides is 1. The van der Waals surface area contributed by atoms with Crippen molar-refractivity contribution in [1.29, 1.82) is 0 Å². The first-order valence-electron chi connectivity index (χ1n) is 8.96. The zero-order valence-electron chi connectivity index (χ0n) is 14.7. The molecule has 0 saturated carbocycles. The van der Waals surface area contributed by atoms with E-state index >= 15 is 0 Å². The molecule has 2 aromatic rings. The summed E-state index contributed by atoms with van der Waals surface area (Å²) in [6.07, 6.45) is 7.65. The summed E-state index contributed by atoms with van der Waals surface area (Å²) in [6, 6.07) is 9.44. The van der Waals surface area contributed by atoms with Crippen molar-refractivity contribution in [2.24, 2.45) is 10.2 Å². The topological polar surface area (TPSA) is 84.0 Å². The second kappa shape index (κ2) is 7.92. The van der Waals surface area contributed by atoms with Gasteiger partial charge < -0.3 is 9.73 Å². The molecule has 0 bridgehead atoms. The number of rotatable bonds is 5. The molecule has 1 aliphatic carbocycles. The minimum absolute atomic E-state index is 0.0173. The van der Waals surface area contributed by atoms with Gasteiger partial charge in [0.25, 0.3) is 0 Å². The highest BCUT2D eigenvalue weighted by Gasteiger charge is 2.32. The number of aryl methyl sites for hydroxylation is 2. The Morgan fingerprint density at radius 3 is 2.93 bits per heavy atom. The molecule has 0 radical (unpaired) electrons. The summed E-state index contributed by atoms with van der Waals surface area (Å²) in [7, 11) is 0. The highest BCUT2D eigenvalue weighted by molar-refractivity contribution is 8.15. The zero-order chi connectivity index (χ0) is 18.6. The average Bonchev–Trinajstić information content (AvgIpc) is 3.31. The van der Waals surface area contributed by atoms with Gasteiger partial charge >= 0.3 is 0 Å². The lowest BCUT2D eigenvalue weighted by Crippen LogP contribution is -2.26. The maximum Gasteiger partial charge on any atom is 0.240 e. The number of carbonyl (C=O) groups excluding carboxylic acids is 2. The van der Waals surface area contributed by atoms with Gasteiger partial charge in [0.2, 0.25) is 5.91 Å². The fourth-order valence-corrected chi connectivity index (χ4v) is 4.21. The lowest BCUT2D eigenvalue weighted by atomic mass is 9.89. The quantitative estimate of drug-likeness (QED) is 0.489. The summed E-state index contributed by atoms with van der Waals surface area (Å²) in [5.74, 6) is 0.349. The summed E-state index contributed by atoms with van der Waals surface area (Å²) in [6.45, 7) is 0. The molecule has 1 aliphatic heterocycles. The molecule has 2 heterocycles. The van der Waals surface area contributed by atoms with Crippen LogP contribution in [0.5, 0.6) is 0 Å². The van der Waals surface area contributed by atoms with Gasteiger partial charge in [0, 0.05) is 12.0 Å². The third-order valence-corrected chi connectivity index (χ3v) is 5.77. The average molecular weight is 381 g/mol. The van der Waals surface area contributed by atoms with Crippen LogP contribution in [0.4, 0.5) is 0 Å². The Balaban J connectivity index is 1.39. The van der Waals surface area contributed by atoms with Gasteiger partial charge in [0.05, 0.1) is 17.7 Å². The molecule has 1 amide bonds. The van der Waals surface area contributed by atoms with Crippen LogP contribution in [0.2, 0.25) is 0 Å². The first-order chi connectivity index (χ1) is 13.2. The van der Waals surface area contributed by atoms with E-state index in [-0.39, 0.29) is 18.1 Å². The number of carbonyl (C=O) groups is 2. The smallest absolute Gasteiger partial charge is 0.240 e. The van der Waals surface area contributed by atoms with E-state index in [1.165, 1.54) is 41.9 Å². The van der Waals surface area contributed by atoms with Crippen LogP contribution in [-0.4, -0.2) is 28.3 Å². The number of nitrogens with zero attached hydrogens (tertiary/aromatic N) is 2. The third-order valence-electron chi connectivity index (χ3n) is 4.69. The van der Waals surface area contributed by atoms with Crippen molar-refractivity contribution in [1.82, 2.24) is 5.32 Å². The molecular weight excluding hydrogens is 362 g/mol. The lowest BCUT2D eigenvalue weighted by molar-refractivity contribution is -0.118. The number of ketones is 1. The number of Topliss-reactive ketones (excluding diaryl/α,β-unsaturated/α-hetero) is 1. The summed E-state index contributed by atoms with van der Waals surface area (Å²) in [5, 5.41) is 10.5. The number of hydrogen-bond donors (Lipinski definition) is 1. The Kier molecular flexibility index (Phi) is 5.20. The van der Waals surface area contributed by atoms with Crippen LogP contribution in [0.1, 0.15) is 46.5 Å². The Hall–Kier alpha value is -2.67. The largest absolute Gasteiger partial charge is 0.463 e. The summed E-state index contributed by atoms with van der Waals surface area (Å²) in [4.78, 5) is 24.8. The summed E-state index contributed by atoms with van der Waals surface area (Å²) >= 11 is 1.23. The molecule has 1 saturated heterocycles. The van der Waals surface area contributed by atoms with Gasteiger partial charge in [-0.1, -0.05) is 23.9 Å². The minimum Gasteiger partial charge on any atom is -0.463 e. The number of amidine groups is 1. The molecule has 1 N–H and O–H groups in total. The molecule has 4 rings (SSSR count). The normalized spacial score (nSPS) is 20.8. The van der Waals surface area contributed by atoms with Crippen LogP contribution in [0.3, 0.4) is 0 Å². The van der Waals surface area contributed by atoms with E-state index in [2.05, 4.69) is 21.6 Å². The second-order valence-electron chi connectivity index (χ2n) is 6.58. The monoisotopic (exact) mass is 381 g/mol. The summed E-state index contributed by atoms with van der Waals surface area (Å²) < 4.78 is 5.12. The van der Waals surface area contributed by atoms with Crippen LogP contribution >= 0.6 is 11.8 Å². The number of furan rings is 1. The van der Waals surface area contributed by atoms with Crippen LogP contribution in [0.25, 0.3) is 0 Å². The number of nitrogens with one attached hydrogen (secondary N) is 1. The number of fused-ring (bicyclic) bond motifs is 1. The van der Waals surface area contributed by atoms with Crippen molar-refractivity contribution in [2.75, 3.05) is 0 Å². The van der Waals surface area contributed by atoms with Gasteiger partial charge in [-0.15, -0.1) is 5.10 Å². The Morgan fingerprint density at radius 2 is 2.11 bits per heavy atom. The van der Waals surface area contributed by atoms with Crippen LogP contribution in [0.15, 0.2) is 51.2 Å². The van der Waals surface area contributed by atoms with Crippen molar-refractivity contribution in [2.45, 2.75) is 37.4 Å². The Bertz CT molecular complexity index is 919. The SMILES string of the molecule is O=C(C[C@H]1S/C(=N/N=C\c2ccco2)NC1=O)c1ccc2c(c1)CCCC2. The van der Waals surface area contributed by atoms with Gasteiger partial charge in [-0.2, -0.15) is 5.10 Å². The third kappa shape index (κ3) is 4.19. The lowest BCUT2D eigenvalue weighted by Gasteiger charge is -2.16. The van der Waals surface area contributed by atoms with E-state index in [9.17, 15) is 9.59 Å². The summed E-state index contributed by atoms with van der Waals surface area (Å²) in [5.41, 5.74) is 3.30. The Morgan fingerprint density at radius 1 is 1.26 bits per heavy atom. The molecule has 1 aromatic carbocycles. The molecular formula is C20H19N3O3S. The van der Waals surface area contributed by atoms with Crippen molar-refractivity contribution >= 4 is 34.8 Å². The predicted molar refractivity (Wildman–Crippen MR) is 105 cm³/mol. The zero-order valence-corrected chi connectivity index (χ0v) is 15.5. The number of thioether (sulfide) groups is 1. The van der Waals surface area contributed by atoms with E-state index in [1.54, 1.807) is 18.4 Å². The van der Waals surface area contributed by atoms with Gasteiger partial charge in [-0.05, 0) is 55.0 Å². The fourth-order valence-electron chi connectivity index (χ4n) is 3.28. The maximum atomic E-state index is 12.6. The second-order valence-corrected chi connectivity index (χ2v) is 7.77. The molecule has 0 spiro atoms. The highest BCUT2D eigenvalue weighted by atomic mass is 32.2. The van der Waals surface area contributed by atoms with Gasteiger partial charge in [-0.3, -0.25) is 9.59 Å². The number of hydrogen-bond acceptors (Lipinski definition) is 6. The van der Waals surface area contributed by atoms with Crippen LogP contribution < -0.4 is 5.32 Å². The van der Waals surface area contributed by atoms with Gasteiger partial charge in [-0.25, -0.2) is 0 Å². The minimum atomic E-state index is -0.480. The van der Waals surface area contributed by atoms with Crippen molar-refractivity contribution in [3.05, 3.63) is 59.0 Å². The van der Waals surface area contributed by atoms with E-state index < -0.39 is 5.25 Å². The van der Waals surface area contributed by atoms with Crippen molar-refractivity contribution in [3.8, 4) is 0 Å². The molecule has 1 fully saturated rings. The van der Waals surface area contributed by atoms with E-state index in [0.717, 1.165) is 12.8 Å². The standard InChI is InChI=1S/C20H19N3O3S/c24-17(15-8-7-13-4-1-2-5-14(13)10-15)11-18-19(25)22-20(27-18)23-21-12-16-6-3-9-26-16/h3,6-10,12,18H,1-2,4-5,11H2,(H,22,23,25)/b21-12-/t18-/m1/s1. The molecule has 6 nitrogen and oxygen atoms in total. The molecule has 138 valence electrons.